The van der Waals surface area contributed by atoms with Crippen LogP contribution in [0.5, 0.6) is 5.75 Å². The highest BCUT2D eigenvalue weighted by atomic mass is 32.2. The Hall–Kier alpha value is -1.45. The molecular weight excluding hydrogens is 370 g/mol. The minimum absolute atomic E-state index is 0.00987. The van der Waals surface area contributed by atoms with E-state index in [1.807, 2.05) is 24.3 Å². The van der Waals surface area contributed by atoms with E-state index in [-0.39, 0.29) is 6.04 Å². The third kappa shape index (κ3) is 4.63. The van der Waals surface area contributed by atoms with Gasteiger partial charge < -0.3 is 9.64 Å². The largest absolute Gasteiger partial charge is 0.497 e. The fourth-order valence-electron chi connectivity index (χ4n) is 3.09. The van der Waals surface area contributed by atoms with Gasteiger partial charge in [-0.25, -0.2) is 13.1 Å². The maximum Gasteiger partial charge on any atom is 0.250 e. The first-order valence-electron chi connectivity index (χ1n) is 8.59. The molecule has 1 aliphatic rings. The van der Waals surface area contributed by atoms with Gasteiger partial charge in [-0.1, -0.05) is 18.2 Å². The number of nitrogens with one attached hydrogen (secondary N) is 1. The number of hydrogen-bond acceptors (Lipinski definition) is 6. The van der Waals surface area contributed by atoms with Gasteiger partial charge in [0, 0.05) is 38.8 Å². The Labute approximate surface area is 159 Å². The Balaban J connectivity index is 1.78. The van der Waals surface area contributed by atoms with Crippen molar-refractivity contribution in [2.75, 3.05) is 46.9 Å². The van der Waals surface area contributed by atoms with E-state index in [0.29, 0.717) is 10.8 Å². The molecule has 1 saturated heterocycles. The van der Waals surface area contributed by atoms with Crippen LogP contribution in [0.3, 0.4) is 0 Å². The van der Waals surface area contributed by atoms with Crippen LogP contribution in [0.1, 0.15) is 11.6 Å². The van der Waals surface area contributed by atoms with Crippen molar-refractivity contribution in [2.45, 2.75) is 10.3 Å². The monoisotopic (exact) mass is 395 g/mol. The number of likely N-dealkylation sites (N-methyl/N-ethyl adjacent to an activating group) is 1. The van der Waals surface area contributed by atoms with Gasteiger partial charge in [-0.05, 0) is 36.2 Å². The van der Waals surface area contributed by atoms with Crippen molar-refractivity contribution < 1.29 is 13.2 Å². The van der Waals surface area contributed by atoms with Crippen molar-refractivity contribution in [3.63, 3.8) is 0 Å². The maximum atomic E-state index is 12.5. The molecule has 3 rings (SSSR count). The van der Waals surface area contributed by atoms with Crippen LogP contribution in [0.25, 0.3) is 0 Å². The molecule has 6 nitrogen and oxygen atoms in total. The van der Waals surface area contributed by atoms with Gasteiger partial charge in [0.1, 0.15) is 9.96 Å². The molecule has 0 saturated carbocycles. The second-order valence-electron chi connectivity index (χ2n) is 6.41. The molecule has 2 heterocycles. The summed E-state index contributed by atoms with van der Waals surface area (Å²) in [5.41, 5.74) is 1.09. The fraction of sp³-hybridized carbons (Fsp3) is 0.444. The number of thiophene rings is 1. The summed E-state index contributed by atoms with van der Waals surface area (Å²) in [6.45, 7) is 4.12. The molecule has 0 amide bonds. The molecular formula is C18H25N3O3S2. The van der Waals surface area contributed by atoms with Crippen LogP contribution < -0.4 is 9.46 Å². The predicted molar refractivity (Wildman–Crippen MR) is 104 cm³/mol. The molecule has 2 aromatic rings. The van der Waals surface area contributed by atoms with Crippen molar-refractivity contribution in [2.24, 2.45) is 0 Å². The summed E-state index contributed by atoms with van der Waals surface area (Å²) in [7, 11) is 0.276. The highest BCUT2D eigenvalue weighted by molar-refractivity contribution is 7.91. The molecule has 0 unspecified atom stereocenters. The second kappa shape index (κ2) is 8.49. The fourth-order valence-corrected chi connectivity index (χ4v) is 5.17. The Morgan fingerprint density at radius 3 is 2.42 bits per heavy atom. The van der Waals surface area contributed by atoms with E-state index < -0.39 is 10.0 Å². The van der Waals surface area contributed by atoms with Crippen molar-refractivity contribution in [1.82, 2.24) is 14.5 Å². The van der Waals surface area contributed by atoms with Crippen LogP contribution in [0.4, 0.5) is 0 Å². The first kappa shape index (κ1) is 19.3. The van der Waals surface area contributed by atoms with E-state index in [1.54, 1.807) is 24.6 Å². The lowest BCUT2D eigenvalue weighted by atomic mass is 10.0. The molecule has 0 bridgehead atoms. The number of piperazine rings is 1. The van der Waals surface area contributed by atoms with E-state index in [0.717, 1.165) is 37.5 Å². The topological polar surface area (TPSA) is 61.9 Å². The lowest BCUT2D eigenvalue weighted by Gasteiger charge is -2.38. The van der Waals surface area contributed by atoms with Crippen LogP contribution in [0, 0.1) is 0 Å². The van der Waals surface area contributed by atoms with Crippen molar-refractivity contribution >= 4 is 21.4 Å². The molecule has 1 fully saturated rings. The summed E-state index contributed by atoms with van der Waals surface area (Å²) in [4.78, 5) is 4.64. The third-order valence-corrected chi connectivity index (χ3v) is 7.53. The van der Waals surface area contributed by atoms with E-state index in [2.05, 4.69) is 21.6 Å². The number of hydrogen-bond donors (Lipinski definition) is 1. The van der Waals surface area contributed by atoms with E-state index in [4.69, 9.17) is 4.74 Å². The first-order chi connectivity index (χ1) is 12.5. The minimum Gasteiger partial charge on any atom is -0.497 e. The van der Waals surface area contributed by atoms with Crippen LogP contribution in [-0.4, -0.2) is 65.1 Å². The summed E-state index contributed by atoms with van der Waals surface area (Å²) in [5, 5.41) is 1.77. The molecule has 0 spiro atoms. The SMILES string of the molecule is COc1ccc([C@H](CNS(=O)(=O)c2cccs2)N2CCN(C)CC2)cc1. The zero-order valence-electron chi connectivity index (χ0n) is 15.1. The van der Waals surface area contributed by atoms with Gasteiger partial charge in [-0.2, -0.15) is 0 Å². The molecule has 142 valence electrons. The molecule has 1 atom stereocenters. The van der Waals surface area contributed by atoms with Crippen LogP contribution in [0.15, 0.2) is 46.0 Å². The van der Waals surface area contributed by atoms with Gasteiger partial charge in [0.25, 0.3) is 0 Å². The average molecular weight is 396 g/mol. The highest BCUT2D eigenvalue weighted by Gasteiger charge is 2.26. The first-order valence-corrected chi connectivity index (χ1v) is 11.0. The van der Waals surface area contributed by atoms with Crippen molar-refractivity contribution in [3.05, 3.63) is 47.3 Å². The standard InChI is InChI=1S/C18H25N3O3S2/c1-20-9-11-21(12-10-20)17(15-5-7-16(24-2)8-6-15)14-19-26(22,23)18-4-3-13-25-18/h3-8,13,17,19H,9-12,14H2,1-2H3/t17-/m0/s1. The minimum atomic E-state index is -3.48. The number of methoxy groups -OCH3 is 1. The zero-order valence-corrected chi connectivity index (χ0v) is 16.7. The molecule has 1 aromatic heterocycles. The molecule has 1 aromatic carbocycles. The highest BCUT2D eigenvalue weighted by Crippen LogP contribution is 2.25. The Morgan fingerprint density at radius 2 is 1.85 bits per heavy atom. The maximum absolute atomic E-state index is 12.5. The Kier molecular flexibility index (Phi) is 6.31. The molecule has 0 radical (unpaired) electrons. The average Bonchev–Trinajstić information content (AvgIpc) is 3.19. The Morgan fingerprint density at radius 1 is 1.15 bits per heavy atom. The van der Waals surface area contributed by atoms with E-state index >= 15 is 0 Å². The summed E-state index contributed by atoms with van der Waals surface area (Å²) >= 11 is 1.23. The Bertz CT molecular complexity index is 784. The van der Waals surface area contributed by atoms with Gasteiger partial charge in [0.2, 0.25) is 10.0 Å². The molecule has 1 N–H and O–H groups in total. The summed E-state index contributed by atoms with van der Waals surface area (Å²) in [6.07, 6.45) is 0. The zero-order chi connectivity index (χ0) is 18.6. The van der Waals surface area contributed by atoms with Gasteiger partial charge in [0.05, 0.1) is 7.11 Å². The van der Waals surface area contributed by atoms with Crippen molar-refractivity contribution in [3.8, 4) is 5.75 Å². The van der Waals surface area contributed by atoms with E-state index in [9.17, 15) is 8.42 Å². The lowest BCUT2D eigenvalue weighted by Crippen LogP contribution is -2.48. The number of ether oxygens (including phenoxy) is 1. The molecule has 0 aliphatic carbocycles. The number of rotatable bonds is 7. The van der Waals surface area contributed by atoms with Crippen LogP contribution in [0.2, 0.25) is 0 Å². The predicted octanol–water partition coefficient (Wildman–Crippen LogP) is 2.02. The van der Waals surface area contributed by atoms with Gasteiger partial charge in [-0.15, -0.1) is 11.3 Å². The second-order valence-corrected chi connectivity index (χ2v) is 9.35. The number of sulfonamides is 1. The van der Waals surface area contributed by atoms with Gasteiger partial charge in [0.15, 0.2) is 0 Å². The molecule has 26 heavy (non-hydrogen) atoms. The third-order valence-electron chi connectivity index (χ3n) is 4.71. The van der Waals surface area contributed by atoms with E-state index in [1.165, 1.54) is 11.3 Å². The normalized spacial score (nSPS) is 17.9. The smallest absolute Gasteiger partial charge is 0.250 e. The number of benzene rings is 1. The van der Waals surface area contributed by atoms with Crippen LogP contribution in [-0.2, 0) is 10.0 Å². The summed E-state index contributed by atoms with van der Waals surface area (Å²) in [5.74, 6) is 0.796. The summed E-state index contributed by atoms with van der Waals surface area (Å²) in [6, 6.07) is 11.2. The lowest BCUT2D eigenvalue weighted by molar-refractivity contribution is 0.113. The molecule has 1 aliphatic heterocycles. The van der Waals surface area contributed by atoms with Gasteiger partial charge >= 0.3 is 0 Å². The number of nitrogens with zero attached hydrogens (tertiary/aromatic N) is 2. The van der Waals surface area contributed by atoms with Gasteiger partial charge in [-0.3, -0.25) is 4.90 Å². The molecule has 8 heteroatoms. The van der Waals surface area contributed by atoms with Crippen LogP contribution >= 0.6 is 11.3 Å². The van der Waals surface area contributed by atoms with Crippen molar-refractivity contribution in [1.29, 1.82) is 0 Å². The summed E-state index contributed by atoms with van der Waals surface area (Å²) < 4.78 is 33.4. The quantitative estimate of drug-likeness (QED) is 0.777.